The Hall–Kier alpha value is -0.330. The van der Waals surface area contributed by atoms with Crippen molar-refractivity contribution in [2.75, 3.05) is 0 Å². The van der Waals surface area contributed by atoms with Crippen molar-refractivity contribution in [3.8, 4) is 0 Å². The van der Waals surface area contributed by atoms with Crippen LogP contribution in [0.3, 0.4) is 0 Å². The minimum absolute atomic E-state index is 0.352. The molecule has 0 aromatic rings. The number of Topliss-reactive ketones (excluding diaryl/α,β-unsaturated/α-hetero) is 1. The number of ketones is 1. The van der Waals surface area contributed by atoms with E-state index in [9.17, 15) is 4.79 Å². The van der Waals surface area contributed by atoms with Crippen molar-refractivity contribution < 1.29 is 4.79 Å². The molecule has 1 heteroatoms. The van der Waals surface area contributed by atoms with Gasteiger partial charge >= 0.3 is 0 Å². The van der Waals surface area contributed by atoms with Crippen molar-refractivity contribution in [2.24, 2.45) is 23.2 Å². The molecule has 4 atom stereocenters. The third kappa shape index (κ3) is 1.64. The van der Waals surface area contributed by atoms with E-state index in [4.69, 9.17) is 0 Å². The van der Waals surface area contributed by atoms with Crippen LogP contribution >= 0.6 is 0 Å². The van der Waals surface area contributed by atoms with E-state index < -0.39 is 0 Å². The van der Waals surface area contributed by atoms with Gasteiger partial charge in [0, 0.05) is 12.3 Å². The van der Waals surface area contributed by atoms with E-state index in [-0.39, 0.29) is 0 Å². The van der Waals surface area contributed by atoms with E-state index in [1.54, 1.807) is 0 Å². The van der Waals surface area contributed by atoms with Crippen LogP contribution in [0.4, 0.5) is 0 Å². The molecule has 0 spiro atoms. The third-order valence-corrected chi connectivity index (χ3v) is 5.27. The second-order valence-corrected chi connectivity index (χ2v) is 5.95. The number of fused-ring (bicyclic) bond motifs is 1. The summed E-state index contributed by atoms with van der Waals surface area (Å²) in [4.78, 5) is 11.9. The average Bonchev–Trinajstić information content (AvgIpc) is 2.56. The van der Waals surface area contributed by atoms with Crippen LogP contribution < -0.4 is 0 Å². The minimum Gasteiger partial charge on any atom is -0.299 e. The second kappa shape index (κ2) is 3.92. The Kier molecular flexibility index (Phi) is 2.92. The lowest BCUT2D eigenvalue weighted by Gasteiger charge is -2.42. The Balaban J connectivity index is 2.21. The number of hydrogen-bond donors (Lipinski definition) is 0. The lowest BCUT2D eigenvalue weighted by atomic mass is 9.62. The van der Waals surface area contributed by atoms with E-state index in [0.717, 1.165) is 24.7 Å². The Labute approximate surface area is 93.6 Å². The lowest BCUT2D eigenvalue weighted by molar-refractivity contribution is -0.130. The zero-order valence-corrected chi connectivity index (χ0v) is 10.4. The zero-order chi connectivity index (χ0) is 11.1. The molecule has 2 rings (SSSR count). The molecule has 0 amide bonds. The normalized spacial score (nSPS) is 42.7. The fourth-order valence-electron chi connectivity index (χ4n) is 4.19. The number of hydrogen-bond acceptors (Lipinski definition) is 1. The maximum Gasteiger partial charge on any atom is 0.136 e. The first-order valence-corrected chi connectivity index (χ1v) is 6.62. The van der Waals surface area contributed by atoms with Gasteiger partial charge in [-0.05, 0) is 42.9 Å². The van der Waals surface area contributed by atoms with Crippen LogP contribution in [0.25, 0.3) is 0 Å². The maximum absolute atomic E-state index is 11.9. The van der Waals surface area contributed by atoms with Crippen LogP contribution in [0.5, 0.6) is 0 Å². The summed E-state index contributed by atoms with van der Waals surface area (Å²) in [5, 5.41) is 0. The molecule has 0 aromatic carbocycles. The average molecular weight is 208 g/mol. The molecule has 2 fully saturated rings. The van der Waals surface area contributed by atoms with Crippen molar-refractivity contribution >= 4 is 5.78 Å². The third-order valence-electron chi connectivity index (χ3n) is 5.27. The van der Waals surface area contributed by atoms with Gasteiger partial charge in [0.15, 0.2) is 0 Å². The predicted octanol–water partition coefficient (Wildman–Crippen LogP) is 3.82. The minimum atomic E-state index is 0.352. The molecule has 1 unspecified atom stereocenters. The van der Waals surface area contributed by atoms with E-state index in [1.807, 2.05) is 0 Å². The van der Waals surface area contributed by atoms with Crippen LogP contribution in [-0.2, 0) is 4.79 Å². The SMILES string of the molecule is CC[C@@H](C)[C@H]1CCC2C(=O)CCC[C@@]21C. The van der Waals surface area contributed by atoms with Gasteiger partial charge in [-0.3, -0.25) is 4.79 Å². The summed E-state index contributed by atoms with van der Waals surface area (Å²) in [6.07, 6.45) is 7.01. The molecule has 2 saturated carbocycles. The Morgan fingerprint density at radius 1 is 1.47 bits per heavy atom. The van der Waals surface area contributed by atoms with Gasteiger partial charge in [-0.1, -0.05) is 27.2 Å². The molecule has 0 heterocycles. The van der Waals surface area contributed by atoms with E-state index in [1.165, 1.54) is 25.7 Å². The fourth-order valence-corrected chi connectivity index (χ4v) is 4.19. The summed E-state index contributed by atoms with van der Waals surface area (Å²) < 4.78 is 0. The van der Waals surface area contributed by atoms with Crippen LogP contribution in [0, 0.1) is 23.2 Å². The van der Waals surface area contributed by atoms with E-state index in [0.29, 0.717) is 17.1 Å². The molecule has 0 aliphatic heterocycles. The van der Waals surface area contributed by atoms with Gasteiger partial charge in [-0.25, -0.2) is 0 Å². The first-order valence-electron chi connectivity index (χ1n) is 6.62. The van der Waals surface area contributed by atoms with Crippen LogP contribution in [-0.4, -0.2) is 5.78 Å². The van der Waals surface area contributed by atoms with Gasteiger partial charge < -0.3 is 0 Å². The van der Waals surface area contributed by atoms with Crippen LogP contribution in [0.15, 0.2) is 0 Å². The lowest BCUT2D eigenvalue weighted by Crippen LogP contribution is -2.39. The van der Waals surface area contributed by atoms with Crippen molar-refractivity contribution in [3.63, 3.8) is 0 Å². The highest BCUT2D eigenvalue weighted by molar-refractivity contribution is 5.83. The first kappa shape index (κ1) is 11.2. The highest BCUT2D eigenvalue weighted by Crippen LogP contribution is 2.56. The highest BCUT2D eigenvalue weighted by Gasteiger charge is 2.51. The largest absolute Gasteiger partial charge is 0.299 e. The first-order chi connectivity index (χ1) is 7.09. The fraction of sp³-hybridized carbons (Fsp3) is 0.929. The van der Waals surface area contributed by atoms with E-state index >= 15 is 0 Å². The Morgan fingerprint density at radius 3 is 2.87 bits per heavy atom. The zero-order valence-electron chi connectivity index (χ0n) is 10.4. The Morgan fingerprint density at radius 2 is 2.20 bits per heavy atom. The monoisotopic (exact) mass is 208 g/mol. The molecule has 0 aromatic heterocycles. The summed E-state index contributed by atoms with van der Waals surface area (Å²) in [6, 6.07) is 0. The van der Waals surface area contributed by atoms with Crippen LogP contribution in [0.2, 0.25) is 0 Å². The summed E-state index contributed by atoms with van der Waals surface area (Å²) in [7, 11) is 0. The molecule has 0 saturated heterocycles. The maximum atomic E-state index is 11.9. The molecular weight excluding hydrogens is 184 g/mol. The molecule has 1 nitrogen and oxygen atoms in total. The summed E-state index contributed by atoms with van der Waals surface area (Å²) >= 11 is 0. The molecule has 2 aliphatic carbocycles. The summed E-state index contributed by atoms with van der Waals surface area (Å²) in [5.41, 5.74) is 0.352. The molecule has 15 heavy (non-hydrogen) atoms. The van der Waals surface area contributed by atoms with Gasteiger partial charge in [-0.2, -0.15) is 0 Å². The molecule has 86 valence electrons. The second-order valence-electron chi connectivity index (χ2n) is 5.95. The molecule has 0 N–H and O–H groups in total. The van der Waals surface area contributed by atoms with Crippen LogP contribution in [0.1, 0.15) is 59.3 Å². The number of rotatable bonds is 2. The van der Waals surface area contributed by atoms with Gasteiger partial charge in [0.25, 0.3) is 0 Å². The van der Waals surface area contributed by atoms with Crippen molar-refractivity contribution in [1.29, 1.82) is 0 Å². The molecule has 2 aliphatic rings. The topological polar surface area (TPSA) is 17.1 Å². The molecule has 0 bridgehead atoms. The summed E-state index contributed by atoms with van der Waals surface area (Å²) in [6.45, 7) is 7.04. The van der Waals surface area contributed by atoms with E-state index in [2.05, 4.69) is 20.8 Å². The smallest absolute Gasteiger partial charge is 0.136 e. The van der Waals surface area contributed by atoms with Crippen molar-refractivity contribution in [1.82, 2.24) is 0 Å². The Bertz CT molecular complexity index is 258. The standard InChI is InChI=1S/C14H24O/c1-4-10(2)11-7-8-12-13(15)6-5-9-14(11,12)3/h10-12H,4-9H2,1-3H3/t10-,11-,12?,14-/m1/s1. The highest BCUT2D eigenvalue weighted by atomic mass is 16.1. The molecule has 0 radical (unpaired) electrons. The predicted molar refractivity (Wildman–Crippen MR) is 62.6 cm³/mol. The van der Waals surface area contributed by atoms with Crippen molar-refractivity contribution in [3.05, 3.63) is 0 Å². The quantitative estimate of drug-likeness (QED) is 0.674. The summed E-state index contributed by atoms with van der Waals surface area (Å²) in [5.74, 6) is 2.57. The van der Waals surface area contributed by atoms with Crippen molar-refractivity contribution in [2.45, 2.75) is 59.3 Å². The van der Waals surface area contributed by atoms with Gasteiger partial charge in [-0.15, -0.1) is 0 Å². The number of carbonyl (C=O) groups is 1. The van der Waals surface area contributed by atoms with Gasteiger partial charge in [0.1, 0.15) is 5.78 Å². The molecular formula is C14H24O. The van der Waals surface area contributed by atoms with Gasteiger partial charge in [0.2, 0.25) is 0 Å². The number of carbonyl (C=O) groups excluding carboxylic acids is 1. The van der Waals surface area contributed by atoms with Gasteiger partial charge in [0.05, 0.1) is 0 Å².